The van der Waals surface area contributed by atoms with Gasteiger partial charge in [0, 0.05) is 22.4 Å². The summed E-state index contributed by atoms with van der Waals surface area (Å²) in [5.41, 5.74) is 1.38. The lowest BCUT2D eigenvalue weighted by molar-refractivity contribution is 0.0699. The zero-order valence-corrected chi connectivity index (χ0v) is 12.2. The lowest BCUT2D eigenvalue weighted by atomic mass is 10.0. The predicted octanol–water partition coefficient (Wildman–Crippen LogP) is 3.85. The molecule has 4 heteroatoms. The minimum absolute atomic E-state index is 0.358. The molecule has 0 atom stereocenters. The van der Waals surface area contributed by atoms with Crippen LogP contribution in [0.1, 0.15) is 23.2 Å². The van der Waals surface area contributed by atoms with Gasteiger partial charge >= 0.3 is 5.97 Å². The monoisotopic (exact) mass is 287 g/mol. The van der Waals surface area contributed by atoms with Crippen molar-refractivity contribution < 1.29 is 9.90 Å². The van der Waals surface area contributed by atoms with Crippen molar-refractivity contribution in [2.24, 2.45) is 0 Å². The van der Waals surface area contributed by atoms with Crippen molar-refractivity contribution in [1.29, 1.82) is 0 Å². The molecule has 1 fully saturated rings. The smallest absolute Gasteiger partial charge is 0.336 e. The Morgan fingerprint density at radius 2 is 1.95 bits per heavy atom. The largest absolute Gasteiger partial charge is 0.478 e. The molecule has 0 spiro atoms. The van der Waals surface area contributed by atoms with Gasteiger partial charge in [-0.1, -0.05) is 24.3 Å². The highest BCUT2D eigenvalue weighted by molar-refractivity contribution is 8.00. The molecule has 0 aromatic heterocycles. The van der Waals surface area contributed by atoms with Crippen LogP contribution in [0.3, 0.4) is 0 Å². The highest BCUT2D eigenvalue weighted by atomic mass is 32.2. The Labute approximate surface area is 122 Å². The van der Waals surface area contributed by atoms with Crippen LogP contribution in [0.15, 0.2) is 36.4 Å². The number of carboxylic acids is 1. The van der Waals surface area contributed by atoms with E-state index in [1.807, 2.05) is 42.1 Å². The summed E-state index contributed by atoms with van der Waals surface area (Å²) < 4.78 is 0.382. The van der Waals surface area contributed by atoms with Gasteiger partial charge in [-0.15, -0.1) is 0 Å². The van der Waals surface area contributed by atoms with Crippen LogP contribution in [0, 0.1) is 0 Å². The van der Waals surface area contributed by atoms with Gasteiger partial charge in [-0.25, -0.2) is 4.79 Å². The van der Waals surface area contributed by atoms with Crippen LogP contribution < -0.4 is 5.32 Å². The third-order valence-corrected chi connectivity index (χ3v) is 5.41. The van der Waals surface area contributed by atoms with Crippen molar-refractivity contribution in [3.05, 3.63) is 42.0 Å². The van der Waals surface area contributed by atoms with E-state index in [1.54, 1.807) is 6.07 Å². The molecule has 0 radical (unpaired) electrons. The standard InChI is InChI=1S/C16H17NO2S/c1-20-16(8-9-16)10-17-14-7-6-13(15(18)19)11-4-2-3-5-12(11)14/h2-7,17H,8-10H2,1H3,(H,18,19). The summed E-state index contributed by atoms with van der Waals surface area (Å²) in [6, 6.07) is 11.2. The maximum absolute atomic E-state index is 11.3. The first-order chi connectivity index (χ1) is 9.65. The second-order valence-electron chi connectivity index (χ2n) is 5.25. The molecular weight excluding hydrogens is 270 g/mol. The molecule has 0 amide bonds. The second kappa shape index (κ2) is 5.02. The molecule has 3 rings (SSSR count). The van der Waals surface area contributed by atoms with E-state index in [9.17, 15) is 9.90 Å². The molecule has 1 saturated carbocycles. The van der Waals surface area contributed by atoms with Crippen LogP contribution in [-0.4, -0.2) is 28.6 Å². The van der Waals surface area contributed by atoms with E-state index >= 15 is 0 Å². The maximum Gasteiger partial charge on any atom is 0.336 e. The van der Waals surface area contributed by atoms with E-state index < -0.39 is 5.97 Å². The number of rotatable bonds is 5. The number of hydrogen-bond acceptors (Lipinski definition) is 3. The van der Waals surface area contributed by atoms with Crippen molar-refractivity contribution >= 4 is 34.2 Å². The van der Waals surface area contributed by atoms with E-state index in [1.165, 1.54) is 12.8 Å². The second-order valence-corrected chi connectivity index (χ2v) is 6.53. The number of aromatic carboxylic acids is 1. The normalized spacial score (nSPS) is 16.1. The Balaban J connectivity index is 1.96. The third-order valence-electron chi connectivity index (χ3n) is 4.00. The molecular formula is C16H17NO2S. The first kappa shape index (κ1) is 13.3. The molecule has 2 N–H and O–H groups in total. The first-order valence-electron chi connectivity index (χ1n) is 6.69. The number of carboxylic acid groups (broad SMARTS) is 1. The zero-order valence-electron chi connectivity index (χ0n) is 11.3. The Bertz CT molecular complexity index is 665. The summed E-state index contributed by atoms with van der Waals surface area (Å²) in [5.74, 6) is -0.879. The number of nitrogens with one attached hydrogen (secondary N) is 1. The van der Waals surface area contributed by atoms with Crippen LogP contribution in [-0.2, 0) is 0 Å². The van der Waals surface area contributed by atoms with Crippen molar-refractivity contribution in [3.8, 4) is 0 Å². The summed E-state index contributed by atoms with van der Waals surface area (Å²) in [4.78, 5) is 11.3. The summed E-state index contributed by atoms with van der Waals surface area (Å²) >= 11 is 1.91. The summed E-state index contributed by atoms with van der Waals surface area (Å²) in [6.07, 6.45) is 4.67. The summed E-state index contributed by atoms with van der Waals surface area (Å²) in [5, 5.41) is 14.5. The molecule has 1 aliphatic rings. The fourth-order valence-electron chi connectivity index (χ4n) is 2.49. The van der Waals surface area contributed by atoms with Gasteiger partial charge in [0.2, 0.25) is 0 Å². The molecule has 104 valence electrons. The Morgan fingerprint density at radius 1 is 1.25 bits per heavy atom. The Kier molecular flexibility index (Phi) is 3.34. The van der Waals surface area contributed by atoms with Crippen LogP contribution in [0.2, 0.25) is 0 Å². The highest BCUT2D eigenvalue weighted by Gasteiger charge is 2.41. The summed E-state index contributed by atoms with van der Waals surface area (Å²) in [7, 11) is 0. The van der Waals surface area contributed by atoms with Gasteiger partial charge in [0.15, 0.2) is 0 Å². The Morgan fingerprint density at radius 3 is 2.55 bits per heavy atom. The molecule has 0 heterocycles. The fourth-order valence-corrected chi connectivity index (χ4v) is 3.22. The molecule has 2 aromatic carbocycles. The summed E-state index contributed by atoms with van der Waals surface area (Å²) in [6.45, 7) is 0.935. The van der Waals surface area contributed by atoms with Gasteiger partial charge in [-0.05, 0) is 36.6 Å². The number of thioether (sulfide) groups is 1. The van der Waals surface area contributed by atoms with Crippen molar-refractivity contribution in [1.82, 2.24) is 0 Å². The van der Waals surface area contributed by atoms with Crippen LogP contribution in [0.5, 0.6) is 0 Å². The third kappa shape index (κ3) is 2.36. The van der Waals surface area contributed by atoms with Gasteiger partial charge in [0.05, 0.1) is 5.56 Å². The predicted molar refractivity (Wildman–Crippen MR) is 84.9 cm³/mol. The molecule has 0 saturated heterocycles. The SMILES string of the molecule is CSC1(CNc2ccc(C(=O)O)c3ccccc23)CC1. The number of fused-ring (bicyclic) bond motifs is 1. The topological polar surface area (TPSA) is 49.3 Å². The molecule has 2 aromatic rings. The zero-order chi connectivity index (χ0) is 14.2. The van der Waals surface area contributed by atoms with E-state index in [4.69, 9.17) is 0 Å². The first-order valence-corrected chi connectivity index (χ1v) is 7.92. The van der Waals surface area contributed by atoms with E-state index in [0.717, 1.165) is 23.0 Å². The van der Waals surface area contributed by atoms with Gasteiger partial charge in [0.1, 0.15) is 0 Å². The van der Waals surface area contributed by atoms with Crippen molar-refractivity contribution in [2.75, 3.05) is 18.1 Å². The van der Waals surface area contributed by atoms with Crippen molar-refractivity contribution in [2.45, 2.75) is 17.6 Å². The van der Waals surface area contributed by atoms with Crippen LogP contribution >= 0.6 is 11.8 Å². The van der Waals surface area contributed by atoms with E-state index in [2.05, 4.69) is 11.6 Å². The maximum atomic E-state index is 11.3. The quantitative estimate of drug-likeness (QED) is 0.877. The average Bonchev–Trinajstić information content (AvgIpc) is 3.25. The van der Waals surface area contributed by atoms with E-state index in [-0.39, 0.29) is 0 Å². The highest BCUT2D eigenvalue weighted by Crippen LogP contribution is 2.47. The van der Waals surface area contributed by atoms with Gasteiger partial charge in [0.25, 0.3) is 0 Å². The molecule has 0 bridgehead atoms. The number of hydrogen-bond donors (Lipinski definition) is 2. The lowest BCUT2D eigenvalue weighted by Crippen LogP contribution is -2.17. The minimum atomic E-state index is -0.879. The molecule has 1 aliphatic carbocycles. The molecule has 3 nitrogen and oxygen atoms in total. The number of carbonyl (C=O) groups is 1. The van der Waals surface area contributed by atoms with Gasteiger partial charge < -0.3 is 10.4 Å². The van der Waals surface area contributed by atoms with Crippen molar-refractivity contribution in [3.63, 3.8) is 0 Å². The van der Waals surface area contributed by atoms with Gasteiger partial charge in [-0.2, -0.15) is 11.8 Å². The molecule has 0 unspecified atom stereocenters. The average molecular weight is 287 g/mol. The lowest BCUT2D eigenvalue weighted by Gasteiger charge is -2.16. The molecule has 0 aliphatic heterocycles. The van der Waals surface area contributed by atoms with Crippen LogP contribution in [0.25, 0.3) is 10.8 Å². The minimum Gasteiger partial charge on any atom is -0.478 e. The molecule has 20 heavy (non-hydrogen) atoms. The van der Waals surface area contributed by atoms with E-state index in [0.29, 0.717) is 10.3 Å². The Hall–Kier alpha value is -1.68. The fraction of sp³-hybridized carbons (Fsp3) is 0.312. The number of benzene rings is 2. The van der Waals surface area contributed by atoms with Gasteiger partial charge in [-0.3, -0.25) is 0 Å². The van der Waals surface area contributed by atoms with Crippen LogP contribution in [0.4, 0.5) is 5.69 Å². The number of anilines is 1.